The molecule has 1 saturated heterocycles. The average Bonchev–Trinajstić information content (AvgIpc) is 2.90. The number of rotatable bonds is 5. The molecule has 27 heavy (non-hydrogen) atoms. The monoisotopic (exact) mass is 557 g/mol. The molecule has 1 aliphatic rings. The fourth-order valence-electron chi connectivity index (χ4n) is 2.43. The molecule has 0 spiro atoms. The van der Waals surface area contributed by atoms with Crippen molar-refractivity contribution in [3.8, 4) is 5.75 Å². The minimum absolute atomic E-state index is 0.274. The van der Waals surface area contributed by atoms with Gasteiger partial charge in [0.25, 0.3) is 11.1 Å². The van der Waals surface area contributed by atoms with Crippen LogP contribution >= 0.6 is 50.3 Å². The highest BCUT2D eigenvalue weighted by Crippen LogP contribution is 2.33. The summed E-state index contributed by atoms with van der Waals surface area (Å²) in [7, 11) is 1.59. The maximum atomic E-state index is 12.6. The average molecular weight is 558 g/mol. The van der Waals surface area contributed by atoms with E-state index in [-0.39, 0.29) is 12.3 Å². The van der Waals surface area contributed by atoms with Gasteiger partial charge in [-0.25, -0.2) is 0 Å². The van der Waals surface area contributed by atoms with Gasteiger partial charge in [-0.3, -0.25) is 19.3 Å². The number of ketones is 1. The van der Waals surface area contributed by atoms with E-state index in [1.165, 1.54) is 0 Å². The van der Waals surface area contributed by atoms with Gasteiger partial charge in [0.15, 0.2) is 5.78 Å². The Labute approximate surface area is 182 Å². The molecule has 1 heterocycles. The van der Waals surface area contributed by atoms with E-state index in [0.717, 1.165) is 36.0 Å². The molecule has 1 aliphatic heterocycles. The molecule has 0 bridgehead atoms. The quantitative estimate of drug-likeness (QED) is 0.295. The van der Waals surface area contributed by atoms with Crippen molar-refractivity contribution in [1.82, 2.24) is 4.90 Å². The van der Waals surface area contributed by atoms with Crippen LogP contribution in [0.4, 0.5) is 4.79 Å². The summed E-state index contributed by atoms with van der Waals surface area (Å²) in [5.41, 5.74) is 1.23. The third-order valence-corrected chi connectivity index (χ3v) is 6.09. The van der Waals surface area contributed by atoms with Crippen molar-refractivity contribution in [2.45, 2.75) is 0 Å². The summed E-state index contributed by atoms with van der Waals surface area (Å²) in [5, 5.41) is -0.445. The number of amides is 2. The molecule has 2 amide bonds. The van der Waals surface area contributed by atoms with Crippen molar-refractivity contribution >= 4 is 73.3 Å². The second kappa shape index (κ2) is 8.57. The van der Waals surface area contributed by atoms with Crippen molar-refractivity contribution in [3.05, 3.63) is 66.5 Å². The maximum absolute atomic E-state index is 12.6. The van der Waals surface area contributed by atoms with E-state index in [9.17, 15) is 14.4 Å². The molecule has 0 atom stereocenters. The largest absolute Gasteiger partial charge is 0.496 e. The molecule has 138 valence electrons. The summed E-state index contributed by atoms with van der Waals surface area (Å²) in [4.78, 5) is 38.5. The number of hydrogen-bond donors (Lipinski definition) is 0. The number of halogens is 2. The van der Waals surface area contributed by atoms with Crippen LogP contribution in [-0.4, -0.2) is 35.5 Å². The van der Waals surface area contributed by atoms with Crippen LogP contribution in [0.15, 0.2) is 51.8 Å². The van der Waals surface area contributed by atoms with Crippen molar-refractivity contribution in [1.29, 1.82) is 0 Å². The van der Waals surface area contributed by atoms with E-state index in [1.54, 1.807) is 43.5 Å². The first kappa shape index (κ1) is 20.1. The first-order valence-electron chi connectivity index (χ1n) is 7.76. The van der Waals surface area contributed by atoms with Gasteiger partial charge in [0.1, 0.15) is 5.75 Å². The number of thioether (sulfide) groups is 1. The summed E-state index contributed by atoms with van der Waals surface area (Å²) < 4.78 is 6.96. The predicted octanol–water partition coefficient (Wildman–Crippen LogP) is 4.98. The Morgan fingerprint density at radius 3 is 2.56 bits per heavy atom. The highest BCUT2D eigenvalue weighted by Gasteiger charge is 2.36. The van der Waals surface area contributed by atoms with E-state index >= 15 is 0 Å². The van der Waals surface area contributed by atoms with Crippen LogP contribution in [0.1, 0.15) is 15.9 Å². The molecule has 0 N–H and O–H groups in total. The maximum Gasteiger partial charge on any atom is 0.293 e. The van der Waals surface area contributed by atoms with Gasteiger partial charge < -0.3 is 4.74 Å². The normalized spacial score (nSPS) is 15.5. The van der Waals surface area contributed by atoms with Crippen LogP contribution in [0.5, 0.6) is 5.75 Å². The Hall–Kier alpha value is -1.65. The number of benzene rings is 2. The molecule has 5 nitrogen and oxygen atoms in total. The summed E-state index contributed by atoms with van der Waals surface area (Å²) in [6.07, 6.45) is 1.65. The standard InChI is InChI=1S/C19H13BrINO4S/c1-26-16-7-2-11(8-14(16)21)9-17-18(24)22(19(25)27-17)10-15(23)12-3-5-13(20)6-4-12/h2-9H,10H2,1H3/b17-9-. The highest BCUT2D eigenvalue weighted by atomic mass is 127. The van der Waals surface area contributed by atoms with Gasteiger partial charge in [0.05, 0.1) is 22.1 Å². The lowest BCUT2D eigenvalue weighted by atomic mass is 10.1. The van der Waals surface area contributed by atoms with Crippen LogP contribution in [0.2, 0.25) is 0 Å². The SMILES string of the molecule is COc1ccc(/C=C2\SC(=O)N(CC(=O)c3ccc(Br)cc3)C2=O)cc1I. The van der Waals surface area contributed by atoms with E-state index in [0.29, 0.717) is 10.5 Å². The molecular formula is C19H13BrINO4S. The lowest BCUT2D eigenvalue weighted by molar-refractivity contribution is -0.122. The van der Waals surface area contributed by atoms with Gasteiger partial charge in [0.2, 0.25) is 0 Å². The number of imide groups is 1. The van der Waals surface area contributed by atoms with Crippen molar-refractivity contribution in [2.75, 3.05) is 13.7 Å². The highest BCUT2D eigenvalue weighted by molar-refractivity contribution is 14.1. The zero-order valence-corrected chi connectivity index (χ0v) is 18.6. The van der Waals surface area contributed by atoms with E-state index in [4.69, 9.17) is 4.74 Å². The second-order valence-corrected chi connectivity index (χ2v) is 8.66. The van der Waals surface area contributed by atoms with Gasteiger partial charge in [-0.2, -0.15) is 0 Å². The summed E-state index contributed by atoms with van der Waals surface area (Å²) in [5.74, 6) is -0.00715. The van der Waals surface area contributed by atoms with Crippen LogP contribution in [-0.2, 0) is 4.79 Å². The lowest BCUT2D eigenvalue weighted by Gasteiger charge is -2.11. The fourth-order valence-corrected chi connectivity index (χ4v) is 4.29. The lowest BCUT2D eigenvalue weighted by Crippen LogP contribution is -2.33. The summed E-state index contributed by atoms with van der Waals surface area (Å²) in [6.45, 7) is -0.274. The summed E-state index contributed by atoms with van der Waals surface area (Å²) in [6, 6.07) is 12.3. The van der Waals surface area contributed by atoms with Crippen molar-refractivity contribution in [3.63, 3.8) is 0 Å². The second-order valence-electron chi connectivity index (χ2n) is 5.59. The topological polar surface area (TPSA) is 63.7 Å². The Morgan fingerprint density at radius 2 is 1.93 bits per heavy atom. The van der Waals surface area contributed by atoms with E-state index < -0.39 is 11.1 Å². The molecule has 3 rings (SSSR count). The van der Waals surface area contributed by atoms with Gasteiger partial charge in [-0.05, 0) is 70.3 Å². The number of ether oxygens (including phenoxy) is 1. The number of carbonyl (C=O) groups excluding carboxylic acids is 3. The van der Waals surface area contributed by atoms with Crippen molar-refractivity contribution < 1.29 is 19.1 Å². The number of Topliss-reactive ketones (excluding diaryl/α,β-unsaturated/α-hetero) is 1. The first-order chi connectivity index (χ1) is 12.9. The molecule has 1 fully saturated rings. The van der Waals surface area contributed by atoms with Gasteiger partial charge in [-0.15, -0.1) is 0 Å². The molecule has 0 aromatic heterocycles. The third-order valence-electron chi connectivity index (χ3n) is 3.82. The predicted molar refractivity (Wildman–Crippen MR) is 117 cm³/mol. The summed E-state index contributed by atoms with van der Waals surface area (Å²) >= 11 is 6.28. The number of nitrogens with zero attached hydrogens (tertiary/aromatic N) is 1. The minimum atomic E-state index is -0.457. The van der Waals surface area contributed by atoms with Crippen LogP contribution in [0.25, 0.3) is 6.08 Å². The van der Waals surface area contributed by atoms with Gasteiger partial charge in [0, 0.05) is 10.0 Å². The molecule has 0 radical (unpaired) electrons. The number of methoxy groups -OCH3 is 1. The molecule has 0 aliphatic carbocycles. The smallest absolute Gasteiger partial charge is 0.293 e. The zero-order valence-electron chi connectivity index (χ0n) is 14.1. The van der Waals surface area contributed by atoms with E-state index in [2.05, 4.69) is 38.5 Å². The zero-order chi connectivity index (χ0) is 19.6. The van der Waals surface area contributed by atoms with Crippen molar-refractivity contribution in [2.24, 2.45) is 0 Å². The molecule has 0 saturated carbocycles. The van der Waals surface area contributed by atoms with Crippen LogP contribution in [0.3, 0.4) is 0 Å². The first-order valence-corrected chi connectivity index (χ1v) is 10.5. The van der Waals surface area contributed by atoms with Gasteiger partial charge in [-0.1, -0.05) is 34.1 Å². The molecule has 2 aromatic rings. The Morgan fingerprint density at radius 1 is 1.22 bits per heavy atom. The Bertz CT molecular complexity index is 959. The molecule has 0 unspecified atom stereocenters. The van der Waals surface area contributed by atoms with E-state index in [1.807, 2.05) is 12.1 Å². The van der Waals surface area contributed by atoms with Crippen LogP contribution < -0.4 is 4.74 Å². The fraction of sp³-hybridized carbons (Fsp3) is 0.105. The third kappa shape index (κ3) is 4.61. The van der Waals surface area contributed by atoms with Gasteiger partial charge >= 0.3 is 0 Å². The molecular weight excluding hydrogens is 545 g/mol. The Kier molecular flexibility index (Phi) is 6.38. The van der Waals surface area contributed by atoms with Crippen LogP contribution in [0, 0.1) is 3.57 Å². The molecule has 2 aromatic carbocycles. The Balaban J connectivity index is 1.77. The molecule has 8 heteroatoms. The number of carbonyl (C=O) groups is 3. The minimum Gasteiger partial charge on any atom is -0.496 e. The number of hydrogen-bond acceptors (Lipinski definition) is 5.